The van der Waals surface area contributed by atoms with Gasteiger partial charge in [-0.3, -0.25) is 14.9 Å². The van der Waals surface area contributed by atoms with E-state index in [1.165, 1.54) is 7.05 Å². The highest BCUT2D eigenvalue weighted by Gasteiger charge is 2.66. The lowest BCUT2D eigenvalue weighted by molar-refractivity contribution is -0.385. The molecule has 1 aromatic carbocycles. The molecule has 0 aliphatic rings. The first kappa shape index (κ1) is 20.1. The first-order valence-electron chi connectivity index (χ1n) is 6.45. The Kier molecular flexibility index (Phi) is 4.65. The van der Waals surface area contributed by atoms with Crippen LogP contribution in [0.5, 0.6) is 0 Å². The van der Waals surface area contributed by atoms with Crippen molar-refractivity contribution in [2.75, 3.05) is 34.2 Å². The topological polar surface area (TPSA) is 66.7 Å². The van der Waals surface area contributed by atoms with Crippen molar-refractivity contribution in [3.8, 4) is 0 Å². The summed E-state index contributed by atoms with van der Waals surface area (Å²) in [6, 6.07) is 0.225. The van der Waals surface area contributed by atoms with Crippen LogP contribution in [0.25, 0.3) is 0 Å². The molecule has 0 N–H and O–H groups in total. The molecule has 0 fully saturated rings. The van der Waals surface area contributed by atoms with E-state index in [9.17, 15) is 34.3 Å². The molecule has 12 heteroatoms. The Labute approximate surface area is 134 Å². The third kappa shape index (κ3) is 5.30. The molecule has 0 aliphatic carbocycles. The fourth-order valence-corrected chi connectivity index (χ4v) is 2.40. The van der Waals surface area contributed by atoms with Gasteiger partial charge in [-0.05, 0) is 20.2 Å². The van der Waals surface area contributed by atoms with Crippen molar-refractivity contribution in [3.63, 3.8) is 0 Å². The Hall–Kier alpha value is -1.95. The number of rotatable bonds is 6. The molecular formula is C12H16F5N3O3S. The summed E-state index contributed by atoms with van der Waals surface area (Å²) in [5.74, 6) is -1.02. The normalized spacial score (nSPS) is 14.9. The molecule has 138 valence electrons. The number of amides is 1. The SMILES string of the molecule is CN(C)CCN(C)C(=O)c1cc([N+](=O)[O-])cc(S(F)(F)(F)(F)F)c1. The van der Waals surface area contributed by atoms with Gasteiger partial charge in [-0.2, -0.15) is 0 Å². The molecular weight excluding hydrogens is 361 g/mol. The van der Waals surface area contributed by atoms with Crippen molar-refractivity contribution in [3.05, 3.63) is 33.9 Å². The minimum absolute atomic E-state index is 0.0525. The number of carbonyl (C=O) groups excluding carboxylic acids is 1. The van der Waals surface area contributed by atoms with Crippen LogP contribution in [0.2, 0.25) is 0 Å². The van der Waals surface area contributed by atoms with E-state index in [1.54, 1.807) is 19.0 Å². The quantitative estimate of drug-likeness (QED) is 0.429. The van der Waals surface area contributed by atoms with E-state index in [0.29, 0.717) is 12.6 Å². The maximum atomic E-state index is 12.9. The van der Waals surface area contributed by atoms with Gasteiger partial charge < -0.3 is 9.80 Å². The standard InChI is InChI=1S/C12H16F5N3O3S/c1-18(2)4-5-19(3)12(21)9-6-10(20(22)23)8-11(7-9)24(13,14,15,16)17/h6-8H,4-5H2,1-3H3. The summed E-state index contributed by atoms with van der Waals surface area (Å²) < 4.78 is 64.7. The molecule has 0 aromatic heterocycles. The third-order valence-corrected chi connectivity index (χ3v) is 4.15. The van der Waals surface area contributed by atoms with Crippen molar-refractivity contribution >= 4 is 21.8 Å². The van der Waals surface area contributed by atoms with E-state index in [0.717, 1.165) is 4.90 Å². The minimum atomic E-state index is -10.2. The van der Waals surface area contributed by atoms with E-state index in [2.05, 4.69) is 0 Å². The Morgan fingerprint density at radius 1 is 1.08 bits per heavy atom. The van der Waals surface area contributed by atoms with Crippen LogP contribution in [0.4, 0.5) is 25.1 Å². The molecule has 0 radical (unpaired) electrons. The van der Waals surface area contributed by atoms with Crippen molar-refractivity contribution in [1.82, 2.24) is 9.80 Å². The van der Waals surface area contributed by atoms with Crippen LogP contribution in [0.1, 0.15) is 10.4 Å². The molecule has 0 heterocycles. The highest BCUT2D eigenvalue weighted by Crippen LogP contribution is 3.02. The number of halogens is 5. The summed E-state index contributed by atoms with van der Waals surface area (Å²) in [7, 11) is -5.52. The van der Waals surface area contributed by atoms with Crippen LogP contribution in [0.15, 0.2) is 23.1 Å². The number of carbonyl (C=O) groups is 1. The van der Waals surface area contributed by atoms with Crippen LogP contribution in [-0.4, -0.2) is 54.9 Å². The fraction of sp³-hybridized carbons (Fsp3) is 0.417. The lowest BCUT2D eigenvalue weighted by Crippen LogP contribution is -2.33. The van der Waals surface area contributed by atoms with Gasteiger partial charge in [0.05, 0.1) is 4.92 Å². The summed E-state index contributed by atoms with van der Waals surface area (Å²) in [4.78, 5) is 21.8. The highest BCUT2D eigenvalue weighted by molar-refractivity contribution is 8.45. The van der Waals surface area contributed by atoms with E-state index in [1.807, 2.05) is 0 Å². The largest absolute Gasteiger partial charge is 0.340 e. The second-order valence-electron chi connectivity index (χ2n) is 5.47. The van der Waals surface area contributed by atoms with Gasteiger partial charge in [0, 0.05) is 37.8 Å². The van der Waals surface area contributed by atoms with Crippen LogP contribution in [0, 0.1) is 10.1 Å². The lowest BCUT2D eigenvalue weighted by atomic mass is 10.2. The van der Waals surface area contributed by atoms with Crippen LogP contribution < -0.4 is 0 Å². The monoisotopic (exact) mass is 377 g/mol. The summed E-state index contributed by atoms with van der Waals surface area (Å²) in [6.45, 7) is 0.464. The van der Waals surface area contributed by atoms with Gasteiger partial charge >= 0.3 is 10.2 Å². The summed E-state index contributed by atoms with van der Waals surface area (Å²) in [5, 5.41) is 10.7. The van der Waals surface area contributed by atoms with Crippen molar-refractivity contribution in [2.24, 2.45) is 0 Å². The molecule has 0 atom stereocenters. The molecule has 0 saturated heterocycles. The van der Waals surface area contributed by atoms with E-state index < -0.39 is 37.2 Å². The van der Waals surface area contributed by atoms with Crippen LogP contribution in [-0.2, 0) is 0 Å². The van der Waals surface area contributed by atoms with E-state index in [4.69, 9.17) is 0 Å². The molecule has 24 heavy (non-hydrogen) atoms. The average Bonchev–Trinajstić information content (AvgIpc) is 2.40. The predicted molar refractivity (Wildman–Crippen MR) is 80.0 cm³/mol. The van der Waals surface area contributed by atoms with Crippen LogP contribution >= 0.6 is 10.2 Å². The number of hydrogen-bond acceptors (Lipinski definition) is 4. The molecule has 6 nitrogen and oxygen atoms in total. The Balaban J connectivity index is 3.37. The van der Waals surface area contributed by atoms with Gasteiger partial charge in [-0.15, -0.1) is 0 Å². The predicted octanol–water partition coefficient (Wildman–Crippen LogP) is 3.89. The fourth-order valence-electron chi connectivity index (χ4n) is 1.71. The zero-order chi connectivity index (χ0) is 19.0. The molecule has 0 aliphatic heterocycles. The van der Waals surface area contributed by atoms with Crippen molar-refractivity contribution < 1.29 is 29.1 Å². The van der Waals surface area contributed by atoms with E-state index in [-0.39, 0.29) is 18.7 Å². The number of non-ortho nitro benzene ring substituents is 1. The summed E-state index contributed by atoms with van der Waals surface area (Å²) in [6.07, 6.45) is 0. The maximum Gasteiger partial charge on any atom is 0.310 e. The Morgan fingerprint density at radius 3 is 2.04 bits per heavy atom. The zero-order valence-corrected chi connectivity index (χ0v) is 13.8. The van der Waals surface area contributed by atoms with Gasteiger partial charge in [-0.1, -0.05) is 19.4 Å². The lowest BCUT2D eigenvalue weighted by Gasteiger charge is -2.40. The molecule has 0 bridgehead atoms. The Morgan fingerprint density at radius 2 is 1.62 bits per heavy atom. The maximum absolute atomic E-state index is 12.9. The van der Waals surface area contributed by atoms with E-state index >= 15 is 0 Å². The van der Waals surface area contributed by atoms with Gasteiger partial charge in [-0.25, -0.2) is 0 Å². The Bertz CT molecular complexity index is 678. The summed E-state index contributed by atoms with van der Waals surface area (Å²) in [5.41, 5.74) is -2.06. The van der Waals surface area contributed by atoms with Crippen LogP contribution in [0.3, 0.4) is 0 Å². The number of likely N-dealkylation sites (N-methyl/N-ethyl adjacent to an activating group) is 2. The first-order chi connectivity index (χ1) is 10.5. The molecule has 1 rings (SSSR count). The number of hydrogen-bond donors (Lipinski definition) is 0. The number of nitro benzene ring substituents is 1. The molecule has 1 amide bonds. The number of nitro groups is 1. The molecule has 0 unspecified atom stereocenters. The van der Waals surface area contributed by atoms with Crippen molar-refractivity contribution in [1.29, 1.82) is 0 Å². The van der Waals surface area contributed by atoms with Crippen molar-refractivity contribution in [2.45, 2.75) is 4.90 Å². The summed E-state index contributed by atoms with van der Waals surface area (Å²) >= 11 is 0. The number of nitrogens with zero attached hydrogens (tertiary/aromatic N) is 3. The first-order valence-corrected chi connectivity index (χ1v) is 8.40. The highest BCUT2D eigenvalue weighted by atomic mass is 32.5. The molecule has 1 aromatic rings. The third-order valence-electron chi connectivity index (χ3n) is 3.02. The number of benzene rings is 1. The second kappa shape index (κ2) is 5.55. The van der Waals surface area contributed by atoms with Gasteiger partial charge in [0.1, 0.15) is 4.90 Å². The van der Waals surface area contributed by atoms with Gasteiger partial charge in [0.25, 0.3) is 11.6 Å². The minimum Gasteiger partial charge on any atom is -0.340 e. The average molecular weight is 377 g/mol. The van der Waals surface area contributed by atoms with Gasteiger partial charge in [0.15, 0.2) is 0 Å². The van der Waals surface area contributed by atoms with Gasteiger partial charge in [0.2, 0.25) is 0 Å². The smallest absolute Gasteiger partial charge is 0.310 e. The molecule has 0 spiro atoms. The second-order valence-corrected chi connectivity index (χ2v) is 7.88. The zero-order valence-electron chi connectivity index (χ0n) is 13.0. The molecule has 0 saturated carbocycles.